The van der Waals surface area contributed by atoms with E-state index in [1.807, 2.05) is 42.2 Å². The van der Waals surface area contributed by atoms with E-state index in [1.54, 1.807) is 0 Å². The molecule has 176 valence electrons. The average molecular weight is 524 g/mol. The number of carbonyl (C=O) groups is 1. The van der Waals surface area contributed by atoms with Gasteiger partial charge in [-0.2, -0.15) is 0 Å². The maximum absolute atomic E-state index is 12.8. The van der Waals surface area contributed by atoms with Crippen molar-refractivity contribution in [3.63, 3.8) is 0 Å². The number of amides is 1. The fraction of sp³-hybridized carbons (Fsp3) is 0.333. The highest BCUT2D eigenvalue weighted by atomic mass is 35.5. The highest BCUT2D eigenvalue weighted by Gasteiger charge is 2.23. The smallest absolute Gasteiger partial charge is 0.258 e. The summed E-state index contributed by atoms with van der Waals surface area (Å²) in [4.78, 5) is 21.8. The molecule has 5 nitrogen and oxygen atoms in total. The first kappa shape index (κ1) is 26.0. The molecule has 0 atom stereocenters. The molecule has 0 saturated carbocycles. The van der Waals surface area contributed by atoms with Crippen LogP contribution in [0, 0.1) is 5.92 Å². The minimum Gasteiger partial charge on any atom is -0.351 e. The Morgan fingerprint density at radius 1 is 1.09 bits per heavy atom. The molecule has 1 N–H and O–H groups in total. The fourth-order valence-electron chi connectivity index (χ4n) is 4.15. The first-order valence-corrected chi connectivity index (χ1v) is 12.6. The summed E-state index contributed by atoms with van der Waals surface area (Å²) in [6.07, 6.45) is 6.07. The van der Waals surface area contributed by atoms with Gasteiger partial charge in [-0.1, -0.05) is 36.0 Å². The molecule has 0 radical (unpaired) electrons. The van der Waals surface area contributed by atoms with Gasteiger partial charge in [-0.25, -0.2) is 4.98 Å². The van der Waals surface area contributed by atoms with Crippen LogP contribution in [0.15, 0.2) is 69.6 Å². The Bertz CT molecular complexity index is 1100. The predicted octanol–water partition coefficient (Wildman–Crippen LogP) is 5.25. The van der Waals surface area contributed by atoms with Crippen molar-refractivity contribution >= 4 is 66.0 Å². The molecule has 0 aliphatic carbocycles. The van der Waals surface area contributed by atoms with E-state index in [2.05, 4.69) is 49.9 Å². The Morgan fingerprint density at radius 2 is 1.88 bits per heavy atom. The Labute approximate surface area is 215 Å². The number of pyridine rings is 1. The molecule has 1 fully saturated rings. The summed E-state index contributed by atoms with van der Waals surface area (Å²) in [5.41, 5.74) is 1.89. The number of imidazole rings is 1. The van der Waals surface area contributed by atoms with Gasteiger partial charge < -0.3 is 10.2 Å². The van der Waals surface area contributed by atoms with Gasteiger partial charge in [0.15, 0.2) is 0 Å². The number of nitrogens with one attached hydrogen (secondary N) is 1. The van der Waals surface area contributed by atoms with E-state index in [9.17, 15) is 4.79 Å². The van der Waals surface area contributed by atoms with Crippen LogP contribution in [0.4, 0.5) is 0 Å². The molecule has 9 heteroatoms. The molecule has 0 bridgehead atoms. The summed E-state index contributed by atoms with van der Waals surface area (Å²) in [6.45, 7) is 4.12. The highest BCUT2D eigenvalue weighted by Crippen LogP contribution is 2.34. The van der Waals surface area contributed by atoms with E-state index in [0.717, 1.165) is 66.0 Å². The van der Waals surface area contributed by atoms with Gasteiger partial charge in [-0.05, 0) is 62.2 Å². The quantitative estimate of drug-likeness (QED) is 0.429. The van der Waals surface area contributed by atoms with E-state index in [1.165, 1.54) is 16.7 Å². The van der Waals surface area contributed by atoms with Gasteiger partial charge in [-0.15, -0.1) is 36.6 Å². The van der Waals surface area contributed by atoms with Crippen LogP contribution in [0.2, 0.25) is 0 Å². The van der Waals surface area contributed by atoms with E-state index >= 15 is 0 Å². The van der Waals surface area contributed by atoms with E-state index in [0.29, 0.717) is 5.92 Å². The maximum Gasteiger partial charge on any atom is 0.258 e. The number of nitrogens with zero attached hydrogens (tertiary/aromatic N) is 3. The first-order valence-electron chi connectivity index (χ1n) is 10.8. The van der Waals surface area contributed by atoms with Gasteiger partial charge in [0.2, 0.25) is 0 Å². The zero-order chi connectivity index (χ0) is 21.0. The van der Waals surface area contributed by atoms with E-state index < -0.39 is 0 Å². The summed E-state index contributed by atoms with van der Waals surface area (Å²) < 4.78 is 2.09. The number of aromatic nitrogens is 2. The van der Waals surface area contributed by atoms with Gasteiger partial charge in [-0.3, -0.25) is 9.20 Å². The zero-order valence-corrected chi connectivity index (χ0v) is 21.4. The van der Waals surface area contributed by atoms with Gasteiger partial charge in [0.1, 0.15) is 5.65 Å². The zero-order valence-electron chi connectivity index (χ0n) is 18.2. The van der Waals surface area contributed by atoms with Gasteiger partial charge in [0.05, 0.1) is 21.8 Å². The van der Waals surface area contributed by atoms with Gasteiger partial charge in [0.25, 0.3) is 5.91 Å². The number of rotatable bonds is 7. The second-order valence-corrected chi connectivity index (χ2v) is 10.2. The molecule has 3 aromatic rings. The number of carbonyl (C=O) groups excluding carboxylic acids is 1. The molecule has 1 saturated heterocycles. The van der Waals surface area contributed by atoms with Crippen LogP contribution in [0.1, 0.15) is 18.5 Å². The lowest BCUT2D eigenvalue weighted by Gasteiger charge is -2.32. The van der Waals surface area contributed by atoms with Gasteiger partial charge in [0, 0.05) is 23.7 Å². The molecule has 2 aliphatic rings. The van der Waals surface area contributed by atoms with Crippen molar-refractivity contribution in [1.82, 2.24) is 19.6 Å². The number of halogens is 2. The molecule has 2 aromatic heterocycles. The molecule has 2 aliphatic heterocycles. The number of piperidine rings is 1. The number of hydrogen-bond donors (Lipinski definition) is 1. The van der Waals surface area contributed by atoms with E-state index in [4.69, 9.17) is 0 Å². The average Bonchev–Trinajstić information content (AvgIpc) is 3.23. The Kier molecular flexibility index (Phi) is 9.58. The molecular weight excluding hydrogens is 495 g/mol. The number of thioether (sulfide) groups is 2. The standard InChI is InChI=1S/C24H26N4OS2.2ClH/c29-24(21-15-19-17-25-22-7-4-8-23(31-21)28(19)22)26-16-18-9-11-27(12-10-18)13-14-30-20-5-2-1-3-6-20;;/h1-8,15,17-18H,9-14,16H2,(H,26,29);2*1H. The second-order valence-electron chi connectivity index (χ2n) is 8.01. The van der Waals surface area contributed by atoms with Crippen LogP contribution in [-0.2, 0) is 4.79 Å². The van der Waals surface area contributed by atoms with Crippen molar-refractivity contribution in [2.75, 3.05) is 31.9 Å². The number of likely N-dealkylation sites (tertiary alicyclic amines) is 1. The Hall–Kier alpha value is -1.64. The third kappa shape index (κ3) is 6.28. The summed E-state index contributed by atoms with van der Waals surface area (Å²) in [7, 11) is 0. The lowest BCUT2D eigenvalue weighted by Crippen LogP contribution is -2.39. The summed E-state index contributed by atoms with van der Waals surface area (Å²) >= 11 is 3.44. The summed E-state index contributed by atoms with van der Waals surface area (Å²) in [5, 5.41) is 4.22. The van der Waals surface area contributed by atoms with Crippen molar-refractivity contribution in [1.29, 1.82) is 0 Å². The predicted molar refractivity (Wildman–Crippen MR) is 143 cm³/mol. The van der Waals surface area contributed by atoms with Crippen molar-refractivity contribution in [3.05, 3.63) is 65.3 Å². The SMILES string of the molecule is Cl.Cl.O=C(NCC1CCN(CCSc2ccccc2)CC1)C1=Cc2cnc3cccc(n23)S1. The number of benzene rings is 1. The summed E-state index contributed by atoms with van der Waals surface area (Å²) in [6, 6.07) is 16.6. The van der Waals surface area contributed by atoms with Crippen LogP contribution in [0.3, 0.4) is 0 Å². The first-order chi connectivity index (χ1) is 15.3. The van der Waals surface area contributed by atoms with Crippen molar-refractivity contribution < 1.29 is 4.79 Å². The lowest BCUT2D eigenvalue weighted by molar-refractivity contribution is -0.117. The summed E-state index contributed by atoms with van der Waals surface area (Å²) in [5.74, 6) is 1.71. The normalized spacial score (nSPS) is 15.9. The molecular formula is C24H28Cl2N4OS2. The third-order valence-electron chi connectivity index (χ3n) is 5.92. The molecule has 0 spiro atoms. The molecule has 5 rings (SSSR count). The molecule has 33 heavy (non-hydrogen) atoms. The van der Waals surface area contributed by atoms with Crippen LogP contribution < -0.4 is 5.32 Å². The van der Waals surface area contributed by atoms with Crippen LogP contribution in [0.25, 0.3) is 11.7 Å². The highest BCUT2D eigenvalue weighted by molar-refractivity contribution is 8.04. The monoisotopic (exact) mass is 522 g/mol. The minimum absolute atomic E-state index is 0. The molecule has 1 aromatic carbocycles. The van der Waals surface area contributed by atoms with Crippen molar-refractivity contribution in [2.45, 2.75) is 22.8 Å². The third-order valence-corrected chi connectivity index (χ3v) is 7.96. The molecule has 1 amide bonds. The maximum atomic E-state index is 12.8. The van der Waals surface area contributed by atoms with Crippen molar-refractivity contribution in [2.24, 2.45) is 5.92 Å². The van der Waals surface area contributed by atoms with Crippen LogP contribution in [0.5, 0.6) is 0 Å². The largest absolute Gasteiger partial charge is 0.351 e. The Balaban J connectivity index is 0.00000153. The fourth-order valence-corrected chi connectivity index (χ4v) is 6.09. The molecule has 4 heterocycles. The topological polar surface area (TPSA) is 49.6 Å². The Morgan fingerprint density at radius 3 is 2.67 bits per heavy atom. The number of hydrogen-bond acceptors (Lipinski definition) is 5. The second kappa shape index (κ2) is 12.2. The van der Waals surface area contributed by atoms with Gasteiger partial charge >= 0.3 is 0 Å². The minimum atomic E-state index is 0. The van der Waals surface area contributed by atoms with Crippen molar-refractivity contribution in [3.8, 4) is 0 Å². The van der Waals surface area contributed by atoms with Crippen LogP contribution in [-0.4, -0.2) is 52.1 Å². The molecule has 0 unspecified atom stereocenters. The lowest BCUT2D eigenvalue weighted by atomic mass is 9.97. The van der Waals surface area contributed by atoms with Crippen LogP contribution >= 0.6 is 48.3 Å². The van der Waals surface area contributed by atoms with E-state index in [-0.39, 0.29) is 30.7 Å².